The van der Waals surface area contributed by atoms with Crippen LogP contribution in [-0.4, -0.2) is 43.1 Å². The van der Waals surface area contributed by atoms with Gasteiger partial charge in [0, 0.05) is 40.7 Å². The van der Waals surface area contributed by atoms with Gasteiger partial charge in [-0.3, -0.25) is 14.1 Å². The molecule has 0 bridgehead atoms. The number of hydrogen-bond acceptors (Lipinski definition) is 5. The zero-order valence-electron chi connectivity index (χ0n) is 22.9. The number of rotatable bonds is 9. The minimum atomic E-state index is -0.356. The molecule has 0 atom stereocenters. The van der Waals surface area contributed by atoms with Gasteiger partial charge in [-0.1, -0.05) is 19.9 Å². The second-order valence-electron chi connectivity index (χ2n) is 11.3. The Labute approximate surface area is 232 Å². The van der Waals surface area contributed by atoms with Gasteiger partial charge >= 0.3 is 0 Å². The molecule has 1 saturated heterocycles. The molecule has 0 amide bonds. The summed E-state index contributed by atoms with van der Waals surface area (Å²) in [5, 5.41) is 0.859. The molecule has 0 unspecified atom stereocenters. The number of thiophene rings is 1. The second-order valence-corrected chi connectivity index (χ2v) is 12.4. The fourth-order valence-electron chi connectivity index (χ4n) is 5.08. The Bertz CT molecular complexity index is 1500. The van der Waals surface area contributed by atoms with E-state index in [1.54, 1.807) is 13.8 Å². The van der Waals surface area contributed by atoms with E-state index in [1.807, 2.05) is 63.2 Å². The molecule has 4 nitrogen and oxygen atoms in total. The summed E-state index contributed by atoms with van der Waals surface area (Å²) in [5.74, 6) is 1.29. The Morgan fingerprint density at radius 3 is 2.28 bits per heavy atom. The first-order valence-electron chi connectivity index (χ1n) is 13.1. The fourth-order valence-corrected chi connectivity index (χ4v) is 6.26. The van der Waals surface area contributed by atoms with Crippen LogP contribution in [0.25, 0.3) is 10.1 Å². The zero-order chi connectivity index (χ0) is 27.9. The second kappa shape index (κ2) is 10.7. The summed E-state index contributed by atoms with van der Waals surface area (Å²) in [6.07, 6.45) is 0.0719. The molecule has 1 aliphatic rings. The van der Waals surface area contributed by atoms with Gasteiger partial charge in [0.2, 0.25) is 5.78 Å². The van der Waals surface area contributed by atoms with Crippen LogP contribution in [0.5, 0.6) is 17.2 Å². The van der Waals surface area contributed by atoms with E-state index in [0.29, 0.717) is 39.6 Å². The van der Waals surface area contributed by atoms with Crippen LogP contribution in [0.1, 0.15) is 45.8 Å². The largest absolute Gasteiger partial charge is 0.488 e. The van der Waals surface area contributed by atoms with Crippen molar-refractivity contribution in [3.05, 3.63) is 87.5 Å². The van der Waals surface area contributed by atoms with E-state index in [-0.39, 0.29) is 29.8 Å². The van der Waals surface area contributed by atoms with Gasteiger partial charge in [0.1, 0.15) is 28.3 Å². The van der Waals surface area contributed by atoms with E-state index < -0.39 is 0 Å². The number of benzene rings is 3. The average molecular weight is 550 g/mol. The van der Waals surface area contributed by atoms with Crippen molar-refractivity contribution >= 4 is 27.2 Å². The number of aryl methyl sites for hydroxylation is 3. The van der Waals surface area contributed by atoms with E-state index >= 15 is 0 Å². The van der Waals surface area contributed by atoms with Crippen LogP contribution >= 0.6 is 11.3 Å². The van der Waals surface area contributed by atoms with Crippen molar-refractivity contribution in [3.63, 3.8) is 0 Å². The standard InChI is InChI=1S/C32H33F2NO3S/c1-19-6-11-26-27(12-19)39-31(29(36)28-20(2)13-22(34)14-21(28)3)30(26)38-24-9-7-23(8-10-24)37-25-15-35(16-25)18-32(4,5)17-33/h6-14,25H,15-18H2,1-5H3. The average Bonchev–Trinajstić information content (AvgIpc) is 3.20. The van der Waals surface area contributed by atoms with Gasteiger partial charge in [0.05, 0.1) is 6.67 Å². The van der Waals surface area contributed by atoms with Gasteiger partial charge in [-0.2, -0.15) is 0 Å². The Morgan fingerprint density at radius 1 is 1.00 bits per heavy atom. The lowest BCUT2D eigenvalue weighted by Gasteiger charge is -2.42. The van der Waals surface area contributed by atoms with Crippen molar-refractivity contribution in [3.8, 4) is 17.2 Å². The summed E-state index contributed by atoms with van der Waals surface area (Å²) in [7, 11) is 0. The molecule has 0 spiro atoms. The van der Waals surface area contributed by atoms with Crippen molar-refractivity contribution in [1.82, 2.24) is 4.90 Å². The van der Waals surface area contributed by atoms with Gasteiger partial charge in [0.15, 0.2) is 5.75 Å². The van der Waals surface area contributed by atoms with E-state index in [0.717, 1.165) is 34.5 Å². The maximum absolute atomic E-state index is 13.9. The third-order valence-corrected chi connectivity index (χ3v) is 8.15. The van der Waals surface area contributed by atoms with Crippen LogP contribution in [0, 0.1) is 32.0 Å². The summed E-state index contributed by atoms with van der Waals surface area (Å²) in [4.78, 5) is 16.5. The Morgan fingerprint density at radius 2 is 1.64 bits per heavy atom. The monoisotopic (exact) mass is 549 g/mol. The highest BCUT2D eigenvalue weighted by molar-refractivity contribution is 7.21. The quantitative estimate of drug-likeness (QED) is 0.198. The minimum absolute atomic E-state index is 0.0719. The molecule has 1 aromatic heterocycles. The van der Waals surface area contributed by atoms with Gasteiger partial charge in [-0.15, -0.1) is 11.3 Å². The number of alkyl halides is 1. The zero-order valence-corrected chi connectivity index (χ0v) is 23.8. The van der Waals surface area contributed by atoms with Crippen LogP contribution in [0.15, 0.2) is 54.6 Å². The Kier molecular flexibility index (Phi) is 7.49. The molecule has 0 radical (unpaired) electrons. The molecular weight excluding hydrogens is 516 g/mol. The summed E-state index contributed by atoms with van der Waals surface area (Å²) in [5.41, 5.74) is 2.44. The van der Waals surface area contributed by atoms with Gasteiger partial charge in [-0.25, -0.2) is 4.39 Å². The van der Waals surface area contributed by atoms with Gasteiger partial charge < -0.3 is 9.47 Å². The number of nitrogens with zero attached hydrogens (tertiary/aromatic N) is 1. The molecule has 0 N–H and O–H groups in total. The maximum Gasteiger partial charge on any atom is 0.207 e. The number of ether oxygens (including phenoxy) is 2. The highest BCUT2D eigenvalue weighted by Crippen LogP contribution is 2.42. The molecule has 204 valence electrons. The molecule has 39 heavy (non-hydrogen) atoms. The molecule has 1 aliphatic heterocycles. The van der Waals surface area contributed by atoms with Crippen LogP contribution in [0.2, 0.25) is 0 Å². The molecule has 5 rings (SSSR count). The lowest BCUT2D eigenvalue weighted by Crippen LogP contribution is -2.56. The first kappa shape index (κ1) is 27.3. The third-order valence-electron chi connectivity index (χ3n) is 7.01. The number of halogens is 2. The number of carbonyl (C=O) groups excluding carboxylic acids is 1. The van der Waals surface area contributed by atoms with Gasteiger partial charge in [-0.05, 0) is 86.0 Å². The first-order chi connectivity index (χ1) is 18.5. The van der Waals surface area contributed by atoms with Crippen molar-refractivity contribution < 1.29 is 23.0 Å². The summed E-state index contributed by atoms with van der Waals surface area (Å²) >= 11 is 1.39. The molecule has 0 saturated carbocycles. The predicted octanol–water partition coefficient (Wildman–Crippen LogP) is 8.05. The van der Waals surface area contributed by atoms with E-state index in [2.05, 4.69) is 4.90 Å². The third kappa shape index (κ3) is 5.85. The smallest absolute Gasteiger partial charge is 0.207 e. The SMILES string of the molecule is Cc1ccc2c(Oc3ccc(OC4CN(CC(C)(C)CF)C4)cc3)c(C(=O)c3c(C)cc(F)cc3C)sc2c1. The van der Waals surface area contributed by atoms with Crippen molar-refractivity contribution in [2.24, 2.45) is 5.41 Å². The summed E-state index contributed by atoms with van der Waals surface area (Å²) < 4.78 is 40.4. The summed E-state index contributed by atoms with van der Waals surface area (Å²) in [6, 6.07) is 16.2. The number of likely N-dealkylation sites (tertiary alicyclic amines) is 1. The van der Waals surface area contributed by atoms with Crippen LogP contribution in [0.4, 0.5) is 8.78 Å². The van der Waals surface area contributed by atoms with E-state index in [9.17, 15) is 13.6 Å². The van der Waals surface area contributed by atoms with Crippen molar-refractivity contribution in [2.45, 2.75) is 40.7 Å². The number of ketones is 1. The first-order valence-corrected chi connectivity index (χ1v) is 13.9. The van der Waals surface area contributed by atoms with E-state index in [1.165, 1.54) is 23.5 Å². The highest BCUT2D eigenvalue weighted by Gasteiger charge is 2.33. The van der Waals surface area contributed by atoms with Crippen molar-refractivity contribution in [2.75, 3.05) is 26.3 Å². The number of fused-ring (bicyclic) bond motifs is 1. The number of carbonyl (C=O) groups is 1. The molecule has 7 heteroatoms. The van der Waals surface area contributed by atoms with Crippen LogP contribution in [-0.2, 0) is 0 Å². The van der Waals surface area contributed by atoms with Gasteiger partial charge in [0.25, 0.3) is 0 Å². The van der Waals surface area contributed by atoms with Crippen molar-refractivity contribution in [1.29, 1.82) is 0 Å². The number of hydrogen-bond donors (Lipinski definition) is 0. The molecular formula is C32H33F2NO3S. The Balaban J connectivity index is 1.36. The van der Waals surface area contributed by atoms with Crippen LogP contribution in [0.3, 0.4) is 0 Å². The highest BCUT2D eigenvalue weighted by atomic mass is 32.1. The van der Waals surface area contributed by atoms with Crippen LogP contribution < -0.4 is 9.47 Å². The summed E-state index contributed by atoms with van der Waals surface area (Å²) in [6.45, 7) is 11.3. The lowest BCUT2D eigenvalue weighted by molar-refractivity contribution is -0.00596. The fraction of sp³-hybridized carbons (Fsp3) is 0.344. The van der Waals surface area contributed by atoms with E-state index in [4.69, 9.17) is 9.47 Å². The lowest BCUT2D eigenvalue weighted by atomic mass is 9.93. The molecule has 0 aliphatic carbocycles. The predicted molar refractivity (Wildman–Crippen MR) is 153 cm³/mol. The molecule has 2 heterocycles. The maximum atomic E-state index is 13.9. The topological polar surface area (TPSA) is 38.8 Å². The minimum Gasteiger partial charge on any atom is -0.488 e. The normalized spacial score (nSPS) is 14.4. The molecule has 3 aromatic carbocycles. The Hall–Kier alpha value is -3.29. The molecule has 1 fully saturated rings. The molecule has 4 aromatic rings.